The highest BCUT2D eigenvalue weighted by Gasteiger charge is 2.15. The lowest BCUT2D eigenvalue weighted by Gasteiger charge is -2.22. The molecule has 1 heterocycles. The second-order valence-electron chi connectivity index (χ2n) is 4.46. The Morgan fingerprint density at radius 3 is 2.86 bits per heavy atom. The Morgan fingerprint density at radius 1 is 1.38 bits per heavy atom. The lowest BCUT2D eigenvalue weighted by atomic mass is 10.3. The van der Waals surface area contributed by atoms with Crippen molar-refractivity contribution in [1.29, 1.82) is 0 Å². The van der Waals surface area contributed by atoms with Crippen molar-refractivity contribution in [3.8, 4) is 0 Å². The molecule has 112 valence electrons. The maximum absolute atomic E-state index is 13.6. The van der Waals surface area contributed by atoms with E-state index >= 15 is 0 Å². The van der Waals surface area contributed by atoms with Gasteiger partial charge in [-0.05, 0) is 18.2 Å². The topological polar surface area (TPSA) is 54.7 Å². The Balaban J connectivity index is 2.05. The lowest BCUT2D eigenvalue weighted by Crippen LogP contribution is -2.36. The number of nitrogens with one attached hydrogen (secondary N) is 1. The molecule has 0 atom stereocenters. The van der Waals surface area contributed by atoms with Gasteiger partial charge in [0.05, 0.1) is 31.4 Å². The summed E-state index contributed by atoms with van der Waals surface area (Å²) in [6.45, 7) is 1.14. The van der Waals surface area contributed by atoms with E-state index in [1.165, 1.54) is 17.0 Å². The molecule has 1 N–H and O–H groups in total. The van der Waals surface area contributed by atoms with Gasteiger partial charge in [-0.1, -0.05) is 12.1 Å². The van der Waals surface area contributed by atoms with Crippen LogP contribution in [0.4, 0.5) is 14.9 Å². The van der Waals surface area contributed by atoms with Crippen LogP contribution in [0, 0.1) is 5.82 Å². The number of hydrogen-bond donors (Lipinski definition) is 1. The molecule has 0 bridgehead atoms. The van der Waals surface area contributed by atoms with Crippen molar-refractivity contribution < 1.29 is 18.3 Å². The fraction of sp³-hybridized carbons (Fsp3) is 0.267. The van der Waals surface area contributed by atoms with Crippen LogP contribution in [0.15, 0.2) is 47.3 Å². The maximum atomic E-state index is 13.6. The number of para-hydroxylation sites is 1. The van der Waals surface area contributed by atoms with Crippen LogP contribution < -0.4 is 5.32 Å². The van der Waals surface area contributed by atoms with Crippen molar-refractivity contribution in [2.24, 2.45) is 0 Å². The van der Waals surface area contributed by atoms with Crippen LogP contribution in [0.1, 0.15) is 5.56 Å². The highest BCUT2D eigenvalue weighted by atomic mass is 19.1. The molecule has 0 radical (unpaired) electrons. The molecule has 0 unspecified atom stereocenters. The molecule has 5 nitrogen and oxygen atoms in total. The number of halogens is 1. The molecule has 1 aromatic carbocycles. The third-order valence-electron chi connectivity index (χ3n) is 2.92. The van der Waals surface area contributed by atoms with Crippen LogP contribution in [0.25, 0.3) is 0 Å². The van der Waals surface area contributed by atoms with E-state index in [2.05, 4.69) is 5.32 Å². The van der Waals surface area contributed by atoms with Crippen LogP contribution in [0.3, 0.4) is 0 Å². The molecule has 2 aromatic rings. The predicted octanol–water partition coefficient (Wildman–Crippen LogP) is 3.10. The van der Waals surface area contributed by atoms with Crippen molar-refractivity contribution in [2.45, 2.75) is 6.54 Å². The van der Waals surface area contributed by atoms with Crippen LogP contribution in [0.5, 0.6) is 0 Å². The van der Waals surface area contributed by atoms with Gasteiger partial charge in [0.1, 0.15) is 5.82 Å². The summed E-state index contributed by atoms with van der Waals surface area (Å²) in [5, 5.41) is 2.56. The Labute approximate surface area is 122 Å². The molecule has 0 saturated carbocycles. The van der Waals surface area contributed by atoms with Crippen LogP contribution in [-0.4, -0.2) is 31.2 Å². The predicted molar refractivity (Wildman–Crippen MR) is 76.4 cm³/mol. The molecule has 0 spiro atoms. The molecule has 21 heavy (non-hydrogen) atoms. The molecule has 0 aliphatic carbocycles. The van der Waals surface area contributed by atoms with E-state index in [9.17, 15) is 9.18 Å². The number of carbonyl (C=O) groups is 1. The van der Waals surface area contributed by atoms with Gasteiger partial charge in [-0.3, -0.25) is 0 Å². The first-order valence-corrected chi connectivity index (χ1v) is 6.51. The minimum absolute atomic E-state index is 0.150. The number of rotatable bonds is 6. The van der Waals surface area contributed by atoms with E-state index in [0.717, 1.165) is 5.56 Å². The van der Waals surface area contributed by atoms with Gasteiger partial charge in [-0.25, -0.2) is 9.18 Å². The molecule has 0 fully saturated rings. The number of anilines is 1. The van der Waals surface area contributed by atoms with E-state index in [1.54, 1.807) is 37.8 Å². The van der Waals surface area contributed by atoms with E-state index in [0.29, 0.717) is 19.7 Å². The van der Waals surface area contributed by atoms with Crippen LogP contribution >= 0.6 is 0 Å². The second kappa shape index (κ2) is 7.44. The zero-order chi connectivity index (χ0) is 15.1. The zero-order valence-electron chi connectivity index (χ0n) is 11.7. The SMILES string of the molecule is COCCN(Cc1ccoc1)C(=O)Nc1ccccc1F. The maximum Gasteiger partial charge on any atom is 0.322 e. The summed E-state index contributed by atoms with van der Waals surface area (Å²) >= 11 is 0. The van der Waals surface area contributed by atoms with Gasteiger partial charge in [0.25, 0.3) is 0 Å². The van der Waals surface area contributed by atoms with Gasteiger partial charge >= 0.3 is 6.03 Å². The number of furan rings is 1. The molecule has 6 heteroatoms. The summed E-state index contributed by atoms with van der Waals surface area (Å²) in [4.78, 5) is 13.8. The number of ether oxygens (including phenoxy) is 1. The number of amides is 2. The molecular formula is C15H17FN2O3. The quantitative estimate of drug-likeness (QED) is 0.890. The monoisotopic (exact) mass is 292 g/mol. The fourth-order valence-electron chi connectivity index (χ4n) is 1.81. The molecule has 0 aliphatic heterocycles. The summed E-state index contributed by atoms with van der Waals surface area (Å²) in [5.41, 5.74) is 1.01. The summed E-state index contributed by atoms with van der Waals surface area (Å²) in [6.07, 6.45) is 3.11. The van der Waals surface area contributed by atoms with Gasteiger partial charge in [0.2, 0.25) is 0 Å². The summed E-state index contributed by atoms with van der Waals surface area (Å²) in [5.74, 6) is -0.471. The molecular weight excluding hydrogens is 275 g/mol. The number of methoxy groups -OCH3 is 1. The van der Waals surface area contributed by atoms with Gasteiger partial charge < -0.3 is 19.4 Å². The first kappa shape index (κ1) is 15.1. The van der Waals surface area contributed by atoms with Crippen molar-refractivity contribution in [1.82, 2.24) is 4.90 Å². The summed E-state index contributed by atoms with van der Waals surface area (Å²) in [7, 11) is 1.56. The summed E-state index contributed by atoms with van der Waals surface area (Å²) in [6, 6.07) is 7.42. The van der Waals surface area contributed by atoms with Crippen LogP contribution in [-0.2, 0) is 11.3 Å². The Hall–Kier alpha value is -2.34. The largest absolute Gasteiger partial charge is 0.472 e. The molecule has 0 saturated heterocycles. The number of urea groups is 1. The standard InChI is InChI=1S/C15H17FN2O3/c1-20-9-7-18(10-12-6-8-21-11-12)15(19)17-14-5-3-2-4-13(14)16/h2-6,8,11H,7,9-10H2,1H3,(H,17,19). The van der Waals surface area contributed by atoms with Crippen LogP contribution in [0.2, 0.25) is 0 Å². The normalized spacial score (nSPS) is 10.4. The number of benzene rings is 1. The Bertz CT molecular complexity index is 572. The molecule has 1 aromatic heterocycles. The summed E-state index contributed by atoms with van der Waals surface area (Å²) < 4.78 is 23.6. The van der Waals surface area contributed by atoms with Gasteiger partial charge in [-0.2, -0.15) is 0 Å². The highest BCUT2D eigenvalue weighted by molar-refractivity contribution is 5.89. The van der Waals surface area contributed by atoms with E-state index in [-0.39, 0.29) is 5.69 Å². The Kier molecular flexibility index (Phi) is 5.34. The van der Waals surface area contributed by atoms with Gasteiger partial charge in [0, 0.05) is 19.2 Å². The molecule has 0 aliphatic rings. The third-order valence-corrected chi connectivity index (χ3v) is 2.92. The van der Waals surface area contributed by atoms with Gasteiger partial charge in [-0.15, -0.1) is 0 Å². The van der Waals surface area contributed by atoms with Crippen molar-refractivity contribution in [3.05, 3.63) is 54.2 Å². The number of carbonyl (C=O) groups excluding carboxylic acids is 1. The van der Waals surface area contributed by atoms with Crippen molar-refractivity contribution in [2.75, 3.05) is 25.6 Å². The van der Waals surface area contributed by atoms with E-state index in [1.807, 2.05) is 0 Å². The van der Waals surface area contributed by atoms with E-state index < -0.39 is 11.8 Å². The molecule has 2 amide bonds. The Morgan fingerprint density at radius 2 is 2.19 bits per heavy atom. The number of nitrogens with zero attached hydrogens (tertiary/aromatic N) is 1. The van der Waals surface area contributed by atoms with Crippen molar-refractivity contribution in [3.63, 3.8) is 0 Å². The molecule has 2 rings (SSSR count). The average Bonchev–Trinajstić information content (AvgIpc) is 2.98. The number of hydrogen-bond acceptors (Lipinski definition) is 3. The second-order valence-corrected chi connectivity index (χ2v) is 4.46. The lowest BCUT2D eigenvalue weighted by molar-refractivity contribution is 0.152. The minimum Gasteiger partial charge on any atom is -0.472 e. The third kappa shape index (κ3) is 4.32. The van der Waals surface area contributed by atoms with E-state index in [4.69, 9.17) is 9.15 Å². The first-order valence-electron chi connectivity index (χ1n) is 6.51. The van der Waals surface area contributed by atoms with Gasteiger partial charge in [0.15, 0.2) is 0 Å². The fourth-order valence-corrected chi connectivity index (χ4v) is 1.81. The highest BCUT2D eigenvalue weighted by Crippen LogP contribution is 2.14. The average molecular weight is 292 g/mol. The van der Waals surface area contributed by atoms with Crippen molar-refractivity contribution >= 4 is 11.7 Å². The minimum atomic E-state index is -0.471. The zero-order valence-corrected chi connectivity index (χ0v) is 11.7. The smallest absolute Gasteiger partial charge is 0.322 e. The first-order chi connectivity index (χ1) is 10.2.